The fourth-order valence-corrected chi connectivity index (χ4v) is 1.65. The first-order chi connectivity index (χ1) is 9.20. The molecular formula is C16H13NO2. The van der Waals surface area contributed by atoms with E-state index in [1.807, 2.05) is 25.1 Å². The molecule has 0 aliphatic rings. The van der Waals surface area contributed by atoms with Crippen LogP contribution in [0.25, 0.3) is 0 Å². The molecule has 2 rings (SSSR count). The molecule has 19 heavy (non-hydrogen) atoms. The van der Waals surface area contributed by atoms with Gasteiger partial charge in [-0.2, -0.15) is 5.26 Å². The van der Waals surface area contributed by atoms with Crippen LogP contribution in [0.5, 0.6) is 5.75 Å². The van der Waals surface area contributed by atoms with Gasteiger partial charge in [0.15, 0.2) is 12.4 Å². The molecule has 0 amide bonds. The van der Waals surface area contributed by atoms with Gasteiger partial charge in [-0.3, -0.25) is 4.79 Å². The maximum Gasteiger partial charge on any atom is 0.200 e. The molecule has 0 spiro atoms. The third-order valence-corrected chi connectivity index (χ3v) is 2.74. The van der Waals surface area contributed by atoms with E-state index >= 15 is 0 Å². The second kappa shape index (κ2) is 5.83. The largest absolute Gasteiger partial charge is 0.484 e. The minimum Gasteiger partial charge on any atom is -0.484 e. The first kappa shape index (κ1) is 12.8. The number of rotatable bonds is 4. The molecule has 2 aromatic carbocycles. The highest BCUT2D eigenvalue weighted by atomic mass is 16.5. The zero-order valence-electron chi connectivity index (χ0n) is 10.6. The van der Waals surface area contributed by atoms with Gasteiger partial charge in [-0.15, -0.1) is 0 Å². The Balaban J connectivity index is 2.05. The Morgan fingerprint density at radius 3 is 2.53 bits per heavy atom. The number of Topliss-reactive ketones (excluding diaryl/α,β-unsaturated/α-hetero) is 1. The summed E-state index contributed by atoms with van der Waals surface area (Å²) in [5, 5.41) is 8.92. The number of aryl methyl sites for hydroxylation is 1. The van der Waals surface area contributed by atoms with Gasteiger partial charge in [-0.1, -0.05) is 42.0 Å². The van der Waals surface area contributed by atoms with Gasteiger partial charge in [0, 0.05) is 5.56 Å². The maximum absolute atomic E-state index is 11.9. The molecule has 0 atom stereocenters. The van der Waals surface area contributed by atoms with E-state index in [1.54, 1.807) is 36.4 Å². The van der Waals surface area contributed by atoms with Gasteiger partial charge in [0.05, 0.1) is 5.56 Å². The number of hydrogen-bond acceptors (Lipinski definition) is 3. The second-order valence-electron chi connectivity index (χ2n) is 4.19. The molecule has 0 aliphatic carbocycles. The first-order valence-corrected chi connectivity index (χ1v) is 5.92. The topological polar surface area (TPSA) is 50.1 Å². The number of benzene rings is 2. The highest BCUT2D eigenvalue weighted by Crippen LogP contribution is 2.16. The van der Waals surface area contributed by atoms with Crippen molar-refractivity contribution in [1.82, 2.24) is 0 Å². The lowest BCUT2D eigenvalue weighted by Crippen LogP contribution is -2.12. The number of para-hydroxylation sites is 1. The Morgan fingerprint density at radius 2 is 1.84 bits per heavy atom. The van der Waals surface area contributed by atoms with E-state index in [2.05, 4.69) is 0 Å². The summed E-state index contributed by atoms with van der Waals surface area (Å²) in [5.41, 5.74) is 2.14. The van der Waals surface area contributed by atoms with E-state index < -0.39 is 0 Å². The average molecular weight is 251 g/mol. The molecule has 0 heterocycles. The number of nitrogens with zero attached hydrogens (tertiary/aromatic N) is 1. The highest BCUT2D eigenvalue weighted by molar-refractivity contribution is 5.97. The minimum absolute atomic E-state index is 0.0677. The fourth-order valence-electron chi connectivity index (χ4n) is 1.65. The molecule has 0 fully saturated rings. The van der Waals surface area contributed by atoms with Crippen LogP contribution in [0, 0.1) is 18.3 Å². The van der Waals surface area contributed by atoms with Crippen LogP contribution in [0.2, 0.25) is 0 Å². The van der Waals surface area contributed by atoms with Gasteiger partial charge >= 0.3 is 0 Å². The summed E-state index contributed by atoms with van der Waals surface area (Å²) >= 11 is 0. The lowest BCUT2D eigenvalue weighted by atomic mass is 10.1. The normalized spacial score (nSPS) is 9.68. The zero-order valence-corrected chi connectivity index (χ0v) is 10.6. The summed E-state index contributed by atoms with van der Waals surface area (Å²) in [7, 11) is 0. The number of ketones is 1. The van der Waals surface area contributed by atoms with E-state index in [1.165, 1.54) is 0 Å². The van der Waals surface area contributed by atoms with Crippen LogP contribution < -0.4 is 4.74 Å². The van der Waals surface area contributed by atoms with Crippen molar-refractivity contribution in [2.45, 2.75) is 6.92 Å². The van der Waals surface area contributed by atoms with E-state index in [0.717, 1.165) is 5.56 Å². The number of carbonyl (C=O) groups excluding carboxylic acids is 1. The van der Waals surface area contributed by atoms with E-state index in [0.29, 0.717) is 16.9 Å². The average Bonchev–Trinajstić information content (AvgIpc) is 2.45. The van der Waals surface area contributed by atoms with E-state index in [4.69, 9.17) is 10.00 Å². The molecule has 0 N–H and O–H groups in total. The molecule has 0 aliphatic heterocycles. The van der Waals surface area contributed by atoms with Crippen molar-refractivity contribution in [2.24, 2.45) is 0 Å². The van der Waals surface area contributed by atoms with Crippen LogP contribution in [0.4, 0.5) is 0 Å². The fraction of sp³-hybridized carbons (Fsp3) is 0.125. The van der Waals surface area contributed by atoms with Crippen molar-refractivity contribution in [3.05, 3.63) is 65.2 Å². The standard InChI is InChI=1S/C16H13NO2/c1-12-6-8-13(9-7-12)15(18)11-19-16-5-3-2-4-14(16)10-17/h2-9H,11H2,1H3. The number of carbonyl (C=O) groups is 1. The molecule has 0 unspecified atom stereocenters. The monoisotopic (exact) mass is 251 g/mol. The summed E-state index contributed by atoms with van der Waals surface area (Å²) < 4.78 is 5.40. The predicted octanol–water partition coefficient (Wildman–Crippen LogP) is 3.13. The SMILES string of the molecule is Cc1ccc(C(=O)COc2ccccc2C#N)cc1. The van der Waals surface area contributed by atoms with Gasteiger partial charge in [0.2, 0.25) is 0 Å². The summed E-state index contributed by atoms with van der Waals surface area (Å²) in [6.07, 6.45) is 0. The van der Waals surface area contributed by atoms with E-state index in [9.17, 15) is 4.79 Å². The van der Waals surface area contributed by atoms with Crippen LogP contribution in [0.15, 0.2) is 48.5 Å². The van der Waals surface area contributed by atoms with Crippen molar-refractivity contribution in [3.63, 3.8) is 0 Å². The lowest BCUT2D eigenvalue weighted by Gasteiger charge is -2.07. The third kappa shape index (κ3) is 3.20. The van der Waals surface area contributed by atoms with Gasteiger partial charge in [-0.05, 0) is 19.1 Å². The number of hydrogen-bond donors (Lipinski definition) is 0. The Hall–Kier alpha value is -2.60. The van der Waals surface area contributed by atoms with Crippen molar-refractivity contribution >= 4 is 5.78 Å². The molecule has 3 nitrogen and oxygen atoms in total. The van der Waals surface area contributed by atoms with Gasteiger partial charge in [0.25, 0.3) is 0 Å². The molecule has 94 valence electrons. The number of nitriles is 1. The molecule has 0 saturated carbocycles. The van der Waals surface area contributed by atoms with Crippen molar-refractivity contribution in [1.29, 1.82) is 5.26 Å². The summed E-state index contributed by atoms with van der Waals surface area (Å²) in [5.74, 6) is 0.332. The zero-order chi connectivity index (χ0) is 13.7. The summed E-state index contributed by atoms with van der Waals surface area (Å²) in [4.78, 5) is 11.9. The van der Waals surface area contributed by atoms with Crippen LogP contribution in [-0.4, -0.2) is 12.4 Å². The Kier molecular flexibility index (Phi) is 3.94. The maximum atomic E-state index is 11.9. The Morgan fingerprint density at radius 1 is 1.16 bits per heavy atom. The molecule has 3 heteroatoms. The predicted molar refractivity (Wildman–Crippen MR) is 72.2 cm³/mol. The van der Waals surface area contributed by atoms with Crippen LogP contribution >= 0.6 is 0 Å². The molecule has 0 saturated heterocycles. The quantitative estimate of drug-likeness (QED) is 0.784. The smallest absolute Gasteiger partial charge is 0.200 e. The molecule has 2 aromatic rings. The summed E-state index contributed by atoms with van der Waals surface area (Å²) in [6.45, 7) is 1.90. The van der Waals surface area contributed by atoms with Gasteiger partial charge in [0.1, 0.15) is 11.8 Å². The third-order valence-electron chi connectivity index (χ3n) is 2.74. The Bertz CT molecular complexity index is 624. The highest BCUT2D eigenvalue weighted by Gasteiger charge is 2.08. The number of ether oxygens (including phenoxy) is 1. The van der Waals surface area contributed by atoms with Crippen molar-refractivity contribution < 1.29 is 9.53 Å². The molecule has 0 radical (unpaired) electrons. The van der Waals surface area contributed by atoms with Crippen LogP contribution in [0.3, 0.4) is 0 Å². The molecular weight excluding hydrogens is 238 g/mol. The summed E-state index contributed by atoms with van der Waals surface area (Å²) in [6, 6.07) is 16.2. The second-order valence-corrected chi connectivity index (χ2v) is 4.19. The van der Waals surface area contributed by atoms with Crippen molar-refractivity contribution in [3.8, 4) is 11.8 Å². The molecule has 0 aromatic heterocycles. The van der Waals surface area contributed by atoms with E-state index in [-0.39, 0.29) is 12.4 Å². The Labute approximate surface area is 112 Å². The lowest BCUT2D eigenvalue weighted by molar-refractivity contribution is 0.0921. The van der Waals surface area contributed by atoms with Crippen LogP contribution in [-0.2, 0) is 0 Å². The van der Waals surface area contributed by atoms with Crippen molar-refractivity contribution in [2.75, 3.05) is 6.61 Å². The first-order valence-electron chi connectivity index (χ1n) is 5.92. The minimum atomic E-state index is -0.104. The van der Waals surface area contributed by atoms with Gasteiger partial charge in [-0.25, -0.2) is 0 Å². The van der Waals surface area contributed by atoms with Crippen LogP contribution in [0.1, 0.15) is 21.5 Å². The van der Waals surface area contributed by atoms with Gasteiger partial charge < -0.3 is 4.74 Å². The molecule has 0 bridgehead atoms.